The van der Waals surface area contributed by atoms with E-state index in [-0.39, 0.29) is 5.75 Å². The fourth-order valence-electron chi connectivity index (χ4n) is 2.98. The van der Waals surface area contributed by atoms with Crippen LogP contribution < -0.4 is 0 Å². The molecular formula is C15H17ClN2O2S. The van der Waals surface area contributed by atoms with Crippen LogP contribution in [0.25, 0.3) is 11.0 Å². The van der Waals surface area contributed by atoms with Gasteiger partial charge in [0.2, 0.25) is 0 Å². The summed E-state index contributed by atoms with van der Waals surface area (Å²) < 4.78 is 2.11. The van der Waals surface area contributed by atoms with E-state index in [4.69, 9.17) is 16.7 Å². The molecule has 0 amide bonds. The number of para-hydroxylation sites is 1. The number of aliphatic carboxylic acids is 1. The number of halogens is 1. The van der Waals surface area contributed by atoms with Crippen LogP contribution in [-0.4, -0.2) is 26.4 Å². The lowest BCUT2D eigenvalue weighted by Gasteiger charge is -2.14. The maximum absolute atomic E-state index is 10.8. The summed E-state index contributed by atoms with van der Waals surface area (Å²) >= 11 is 7.60. The first-order valence-corrected chi connectivity index (χ1v) is 8.51. The average Bonchev–Trinajstić information content (AvgIpc) is 3.06. The summed E-state index contributed by atoms with van der Waals surface area (Å²) in [5.74, 6) is -0.167. The maximum atomic E-state index is 10.8. The van der Waals surface area contributed by atoms with E-state index < -0.39 is 5.97 Å². The Morgan fingerprint density at radius 1 is 1.43 bits per heavy atom. The lowest BCUT2D eigenvalue weighted by Crippen LogP contribution is -2.09. The van der Waals surface area contributed by atoms with Crippen molar-refractivity contribution in [3.05, 3.63) is 23.2 Å². The van der Waals surface area contributed by atoms with Gasteiger partial charge in [0.1, 0.15) is 0 Å². The number of aromatic nitrogens is 2. The minimum atomic E-state index is -0.828. The zero-order valence-corrected chi connectivity index (χ0v) is 13.2. The monoisotopic (exact) mass is 324 g/mol. The Labute approximate surface area is 132 Å². The molecule has 0 atom stereocenters. The van der Waals surface area contributed by atoms with Gasteiger partial charge in [0, 0.05) is 6.54 Å². The summed E-state index contributed by atoms with van der Waals surface area (Å²) in [6.07, 6.45) is 5.02. The Hall–Kier alpha value is -1.20. The molecule has 112 valence electrons. The first-order valence-electron chi connectivity index (χ1n) is 7.14. The van der Waals surface area contributed by atoms with Gasteiger partial charge in [-0.3, -0.25) is 4.79 Å². The molecule has 1 saturated carbocycles. The van der Waals surface area contributed by atoms with Crippen molar-refractivity contribution in [2.24, 2.45) is 5.92 Å². The summed E-state index contributed by atoms with van der Waals surface area (Å²) in [5.41, 5.74) is 1.77. The van der Waals surface area contributed by atoms with Gasteiger partial charge in [-0.2, -0.15) is 0 Å². The van der Waals surface area contributed by atoms with Gasteiger partial charge in [-0.05, 0) is 30.9 Å². The van der Waals surface area contributed by atoms with Crippen molar-refractivity contribution in [2.45, 2.75) is 37.4 Å². The van der Waals surface area contributed by atoms with Crippen LogP contribution in [0, 0.1) is 5.92 Å². The van der Waals surface area contributed by atoms with E-state index in [0.717, 1.165) is 22.7 Å². The van der Waals surface area contributed by atoms with Crippen molar-refractivity contribution in [3.8, 4) is 0 Å². The topological polar surface area (TPSA) is 55.1 Å². The lowest BCUT2D eigenvalue weighted by atomic mass is 10.1. The highest BCUT2D eigenvalue weighted by molar-refractivity contribution is 7.99. The average molecular weight is 325 g/mol. The predicted molar refractivity (Wildman–Crippen MR) is 85.1 cm³/mol. The molecule has 1 aliphatic rings. The van der Waals surface area contributed by atoms with Gasteiger partial charge in [0.05, 0.1) is 21.8 Å². The summed E-state index contributed by atoms with van der Waals surface area (Å²) in [7, 11) is 0. The van der Waals surface area contributed by atoms with Crippen molar-refractivity contribution in [3.63, 3.8) is 0 Å². The third-order valence-electron chi connectivity index (χ3n) is 3.92. The molecule has 3 rings (SSSR count). The molecule has 21 heavy (non-hydrogen) atoms. The molecule has 1 aromatic heterocycles. The number of rotatable bonds is 5. The Morgan fingerprint density at radius 2 is 2.19 bits per heavy atom. The predicted octanol–water partition coefficient (Wildman–Crippen LogP) is 4.06. The maximum Gasteiger partial charge on any atom is 0.313 e. The van der Waals surface area contributed by atoms with Gasteiger partial charge < -0.3 is 9.67 Å². The van der Waals surface area contributed by atoms with Crippen LogP contribution in [0.15, 0.2) is 23.4 Å². The van der Waals surface area contributed by atoms with Gasteiger partial charge in [-0.15, -0.1) is 0 Å². The molecule has 2 aromatic rings. The van der Waals surface area contributed by atoms with Crippen molar-refractivity contribution >= 4 is 40.4 Å². The molecular weight excluding hydrogens is 308 g/mol. The SMILES string of the molecule is O=C(O)CSc1nc2cccc(Cl)c2n1CC1CCCC1. The van der Waals surface area contributed by atoms with Gasteiger partial charge in [0.25, 0.3) is 0 Å². The number of benzene rings is 1. The molecule has 0 unspecified atom stereocenters. The van der Waals surface area contributed by atoms with Crippen LogP contribution >= 0.6 is 23.4 Å². The minimum Gasteiger partial charge on any atom is -0.481 e. The molecule has 1 heterocycles. The molecule has 4 nitrogen and oxygen atoms in total. The number of carboxylic acid groups (broad SMARTS) is 1. The molecule has 0 radical (unpaired) electrons. The quantitative estimate of drug-likeness (QED) is 0.843. The van der Waals surface area contributed by atoms with E-state index in [1.54, 1.807) is 0 Å². The van der Waals surface area contributed by atoms with Gasteiger partial charge in [-0.1, -0.05) is 42.3 Å². The van der Waals surface area contributed by atoms with Crippen molar-refractivity contribution < 1.29 is 9.90 Å². The van der Waals surface area contributed by atoms with Crippen LogP contribution in [-0.2, 0) is 11.3 Å². The fourth-order valence-corrected chi connectivity index (χ4v) is 3.99. The van der Waals surface area contributed by atoms with Crippen LogP contribution in [0.2, 0.25) is 5.02 Å². The zero-order valence-electron chi connectivity index (χ0n) is 11.6. The van der Waals surface area contributed by atoms with Crippen molar-refractivity contribution in [2.75, 3.05) is 5.75 Å². The number of hydrogen-bond donors (Lipinski definition) is 1. The molecule has 0 saturated heterocycles. The third-order valence-corrected chi connectivity index (χ3v) is 5.19. The van der Waals surface area contributed by atoms with E-state index >= 15 is 0 Å². The van der Waals surface area contributed by atoms with Crippen molar-refractivity contribution in [1.29, 1.82) is 0 Å². The van der Waals surface area contributed by atoms with Gasteiger partial charge >= 0.3 is 5.97 Å². The number of hydrogen-bond acceptors (Lipinski definition) is 3. The van der Waals surface area contributed by atoms with Crippen LogP contribution in [0.5, 0.6) is 0 Å². The zero-order chi connectivity index (χ0) is 14.8. The Morgan fingerprint density at radius 3 is 2.90 bits per heavy atom. The molecule has 1 fully saturated rings. The first-order chi connectivity index (χ1) is 10.1. The fraction of sp³-hybridized carbons (Fsp3) is 0.467. The summed E-state index contributed by atoms with van der Waals surface area (Å²) in [6.45, 7) is 0.877. The second-order valence-corrected chi connectivity index (χ2v) is 6.80. The van der Waals surface area contributed by atoms with Gasteiger partial charge in [-0.25, -0.2) is 4.98 Å². The highest BCUT2D eigenvalue weighted by atomic mass is 35.5. The van der Waals surface area contributed by atoms with Crippen LogP contribution in [0.1, 0.15) is 25.7 Å². The summed E-state index contributed by atoms with van der Waals surface area (Å²) in [6, 6.07) is 5.67. The number of imidazole rings is 1. The van der Waals surface area contributed by atoms with Gasteiger partial charge in [0.15, 0.2) is 5.16 Å². The van der Waals surface area contributed by atoms with E-state index in [1.165, 1.54) is 37.4 Å². The summed E-state index contributed by atoms with van der Waals surface area (Å²) in [4.78, 5) is 15.4. The smallest absolute Gasteiger partial charge is 0.313 e. The largest absolute Gasteiger partial charge is 0.481 e. The molecule has 1 N–H and O–H groups in total. The van der Waals surface area contributed by atoms with E-state index in [2.05, 4.69) is 9.55 Å². The Bertz CT molecular complexity index is 665. The molecule has 0 bridgehead atoms. The number of carboxylic acids is 1. The number of carbonyl (C=O) groups is 1. The Kier molecular flexibility index (Phi) is 4.40. The highest BCUT2D eigenvalue weighted by Gasteiger charge is 2.21. The number of thioether (sulfide) groups is 1. The normalized spacial score (nSPS) is 15.9. The Balaban J connectivity index is 1.98. The summed E-state index contributed by atoms with van der Waals surface area (Å²) in [5, 5.41) is 10.3. The number of nitrogens with zero attached hydrogens (tertiary/aromatic N) is 2. The van der Waals surface area contributed by atoms with E-state index in [1.807, 2.05) is 18.2 Å². The first kappa shape index (κ1) is 14.7. The molecule has 0 aliphatic heterocycles. The second kappa shape index (κ2) is 6.28. The van der Waals surface area contributed by atoms with E-state index in [0.29, 0.717) is 10.9 Å². The minimum absolute atomic E-state index is 0.0195. The van der Waals surface area contributed by atoms with Crippen molar-refractivity contribution in [1.82, 2.24) is 9.55 Å². The number of fused-ring (bicyclic) bond motifs is 1. The molecule has 1 aliphatic carbocycles. The van der Waals surface area contributed by atoms with Crippen LogP contribution in [0.3, 0.4) is 0 Å². The second-order valence-electron chi connectivity index (χ2n) is 5.45. The standard InChI is InChI=1S/C15H17ClN2O2S/c16-11-6-3-7-12-14(11)18(8-10-4-1-2-5-10)15(17-12)21-9-13(19)20/h3,6-7,10H,1-2,4-5,8-9H2,(H,19,20). The molecule has 1 aromatic carbocycles. The third kappa shape index (κ3) is 3.19. The van der Waals surface area contributed by atoms with E-state index in [9.17, 15) is 4.79 Å². The molecule has 0 spiro atoms. The van der Waals surface area contributed by atoms with Crippen LogP contribution in [0.4, 0.5) is 0 Å². The molecule has 6 heteroatoms. The lowest BCUT2D eigenvalue weighted by molar-refractivity contribution is -0.133. The highest BCUT2D eigenvalue weighted by Crippen LogP contribution is 2.33.